The van der Waals surface area contributed by atoms with Gasteiger partial charge in [0.1, 0.15) is 11.6 Å². The molecule has 2 N–H and O–H groups in total. The second-order valence-corrected chi connectivity index (χ2v) is 6.85. The normalized spacial score (nSPS) is 15.0. The number of phenols is 1. The number of likely N-dealkylation sites (tertiary alicyclic amines) is 1. The van der Waals surface area contributed by atoms with E-state index in [9.17, 15) is 14.7 Å². The van der Waals surface area contributed by atoms with E-state index in [2.05, 4.69) is 26.2 Å². The number of piperidine rings is 1. The van der Waals surface area contributed by atoms with Gasteiger partial charge in [0.2, 0.25) is 5.91 Å². The summed E-state index contributed by atoms with van der Waals surface area (Å²) in [5.74, 6) is 0.0499. The Balaban J connectivity index is 1.59. The zero-order chi connectivity index (χ0) is 17.8. The van der Waals surface area contributed by atoms with E-state index >= 15 is 0 Å². The fraction of sp³-hybridized carbons (Fsp3) is 0.278. The predicted molar refractivity (Wildman–Crippen MR) is 97.3 cm³/mol. The van der Waals surface area contributed by atoms with E-state index in [0.29, 0.717) is 31.7 Å². The molecule has 3 rings (SSSR count). The number of benzene rings is 1. The van der Waals surface area contributed by atoms with Crippen LogP contribution in [0.5, 0.6) is 5.75 Å². The number of amides is 2. The topological polar surface area (TPSA) is 82.5 Å². The fourth-order valence-corrected chi connectivity index (χ4v) is 3.22. The number of aromatic hydroxyl groups is 1. The highest BCUT2D eigenvalue weighted by atomic mass is 79.9. The van der Waals surface area contributed by atoms with Crippen LogP contribution >= 0.6 is 15.9 Å². The fourth-order valence-electron chi connectivity index (χ4n) is 2.86. The SMILES string of the molecule is O=C(Nc1ccccn1)C1CCN(C(=O)c2cc(Br)ccc2O)CC1. The van der Waals surface area contributed by atoms with E-state index in [1.54, 1.807) is 35.4 Å². The van der Waals surface area contributed by atoms with Crippen LogP contribution < -0.4 is 5.32 Å². The van der Waals surface area contributed by atoms with Crippen molar-refractivity contribution in [3.05, 3.63) is 52.6 Å². The summed E-state index contributed by atoms with van der Waals surface area (Å²) >= 11 is 3.31. The van der Waals surface area contributed by atoms with Crippen molar-refractivity contribution in [1.29, 1.82) is 0 Å². The highest BCUT2D eigenvalue weighted by molar-refractivity contribution is 9.10. The summed E-state index contributed by atoms with van der Waals surface area (Å²) in [5.41, 5.74) is 0.269. The Labute approximate surface area is 154 Å². The molecule has 0 unspecified atom stereocenters. The molecule has 0 spiro atoms. The summed E-state index contributed by atoms with van der Waals surface area (Å²) in [6.07, 6.45) is 2.79. The molecule has 130 valence electrons. The Morgan fingerprint density at radius 2 is 1.96 bits per heavy atom. The highest BCUT2D eigenvalue weighted by Crippen LogP contribution is 2.26. The third-order valence-electron chi connectivity index (χ3n) is 4.26. The van der Waals surface area contributed by atoms with Gasteiger partial charge in [0.15, 0.2) is 0 Å². The highest BCUT2D eigenvalue weighted by Gasteiger charge is 2.29. The van der Waals surface area contributed by atoms with Gasteiger partial charge in [-0.25, -0.2) is 4.98 Å². The van der Waals surface area contributed by atoms with Crippen LogP contribution in [0.2, 0.25) is 0 Å². The van der Waals surface area contributed by atoms with Crippen LogP contribution in [-0.4, -0.2) is 39.9 Å². The second kappa shape index (κ2) is 7.65. The van der Waals surface area contributed by atoms with Gasteiger partial charge in [0.25, 0.3) is 5.91 Å². The van der Waals surface area contributed by atoms with Gasteiger partial charge < -0.3 is 15.3 Å². The molecule has 0 radical (unpaired) electrons. The number of halogens is 1. The average molecular weight is 404 g/mol. The first-order chi connectivity index (χ1) is 12.0. The van der Waals surface area contributed by atoms with Gasteiger partial charge in [0.05, 0.1) is 5.56 Å². The maximum Gasteiger partial charge on any atom is 0.257 e. The number of phenolic OH excluding ortho intramolecular Hbond substituents is 1. The number of aromatic nitrogens is 1. The molecule has 1 aliphatic heterocycles. The molecule has 1 aromatic heterocycles. The Morgan fingerprint density at radius 3 is 2.64 bits per heavy atom. The van der Waals surface area contributed by atoms with Gasteiger partial charge in [-0.3, -0.25) is 9.59 Å². The Bertz CT molecular complexity index is 774. The monoisotopic (exact) mass is 403 g/mol. The summed E-state index contributed by atoms with van der Waals surface area (Å²) in [5, 5.41) is 12.7. The number of rotatable bonds is 3. The van der Waals surface area contributed by atoms with Crippen molar-refractivity contribution < 1.29 is 14.7 Å². The molecule has 0 aliphatic carbocycles. The lowest BCUT2D eigenvalue weighted by atomic mass is 9.95. The van der Waals surface area contributed by atoms with E-state index in [1.165, 1.54) is 6.07 Å². The molecule has 1 aliphatic rings. The number of anilines is 1. The molecule has 25 heavy (non-hydrogen) atoms. The third kappa shape index (κ3) is 4.17. The molecule has 1 saturated heterocycles. The number of hydrogen-bond donors (Lipinski definition) is 2. The molecule has 2 aromatic rings. The molecule has 2 heterocycles. The van der Waals surface area contributed by atoms with Crippen LogP contribution in [0.3, 0.4) is 0 Å². The lowest BCUT2D eigenvalue weighted by Crippen LogP contribution is -2.41. The van der Waals surface area contributed by atoms with Crippen molar-refractivity contribution in [1.82, 2.24) is 9.88 Å². The molecule has 0 bridgehead atoms. The van der Waals surface area contributed by atoms with E-state index in [1.807, 2.05) is 6.07 Å². The lowest BCUT2D eigenvalue weighted by Gasteiger charge is -2.31. The zero-order valence-corrected chi connectivity index (χ0v) is 15.1. The van der Waals surface area contributed by atoms with E-state index in [4.69, 9.17) is 0 Å². The quantitative estimate of drug-likeness (QED) is 0.824. The Morgan fingerprint density at radius 1 is 1.20 bits per heavy atom. The van der Waals surface area contributed by atoms with Crippen molar-refractivity contribution >= 4 is 33.6 Å². The van der Waals surface area contributed by atoms with Crippen LogP contribution in [0, 0.1) is 5.92 Å². The zero-order valence-electron chi connectivity index (χ0n) is 13.5. The first kappa shape index (κ1) is 17.4. The number of carbonyl (C=O) groups excluding carboxylic acids is 2. The first-order valence-electron chi connectivity index (χ1n) is 8.04. The number of nitrogens with zero attached hydrogens (tertiary/aromatic N) is 2. The van der Waals surface area contributed by atoms with Crippen LogP contribution in [0.15, 0.2) is 47.1 Å². The van der Waals surface area contributed by atoms with Crippen molar-refractivity contribution in [2.24, 2.45) is 5.92 Å². The minimum Gasteiger partial charge on any atom is -0.507 e. The van der Waals surface area contributed by atoms with Crippen molar-refractivity contribution in [3.63, 3.8) is 0 Å². The molecule has 7 heteroatoms. The van der Waals surface area contributed by atoms with E-state index in [0.717, 1.165) is 4.47 Å². The minimum atomic E-state index is -0.220. The van der Waals surface area contributed by atoms with Gasteiger partial charge >= 0.3 is 0 Å². The average Bonchev–Trinajstić information content (AvgIpc) is 2.64. The third-order valence-corrected chi connectivity index (χ3v) is 4.75. The summed E-state index contributed by atoms with van der Waals surface area (Å²) in [4.78, 5) is 30.6. The molecule has 2 amide bonds. The van der Waals surface area contributed by atoms with Gasteiger partial charge in [-0.05, 0) is 43.2 Å². The van der Waals surface area contributed by atoms with Gasteiger partial charge in [-0.2, -0.15) is 0 Å². The van der Waals surface area contributed by atoms with Crippen LogP contribution in [0.25, 0.3) is 0 Å². The van der Waals surface area contributed by atoms with Crippen molar-refractivity contribution in [2.75, 3.05) is 18.4 Å². The second-order valence-electron chi connectivity index (χ2n) is 5.93. The Hall–Kier alpha value is -2.41. The molecule has 0 saturated carbocycles. The molecule has 6 nitrogen and oxygen atoms in total. The molecular formula is C18H18BrN3O3. The van der Waals surface area contributed by atoms with Crippen LogP contribution in [-0.2, 0) is 4.79 Å². The number of hydrogen-bond acceptors (Lipinski definition) is 4. The maximum atomic E-state index is 12.6. The molecule has 1 fully saturated rings. The van der Waals surface area contributed by atoms with Crippen molar-refractivity contribution in [2.45, 2.75) is 12.8 Å². The van der Waals surface area contributed by atoms with Gasteiger partial charge in [0, 0.05) is 29.7 Å². The van der Waals surface area contributed by atoms with Crippen LogP contribution in [0.4, 0.5) is 5.82 Å². The predicted octanol–water partition coefficient (Wildman–Crippen LogP) is 3.04. The summed E-state index contributed by atoms with van der Waals surface area (Å²) in [6.45, 7) is 0.955. The summed E-state index contributed by atoms with van der Waals surface area (Å²) in [6, 6.07) is 10.1. The minimum absolute atomic E-state index is 0.0387. The molecular weight excluding hydrogens is 386 g/mol. The van der Waals surface area contributed by atoms with E-state index in [-0.39, 0.29) is 29.0 Å². The summed E-state index contributed by atoms with van der Waals surface area (Å²) in [7, 11) is 0. The number of nitrogens with one attached hydrogen (secondary N) is 1. The lowest BCUT2D eigenvalue weighted by molar-refractivity contribution is -0.121. The number of carbonyl (C=O) groups is 2. The number of pyridine rings is 1. The maximum absolute atomic E-state index is 12.6. The largest absolute Gasteiger partial charge is 0.507 e. The first-order valence-corrected chi connectivity index (χ1v) is 8.83. The van der Waals surface area contributed by atoms with Crippen molar-refractivity contribution in [3.8, 4) is 5.75 Å². The van der Waals surface area contributed by atoms with E-state index < -0.39 is 0 Å². The van der Waals surface area contributed by atoms with Crippen LogP contribution in [0.1, 0.15) is 23.2 Å². The summed E-state index contributed by atoms with van der Waals surface area (Å²) < 4.78 is 0.735. The smallest absolute Gasteiger partial charge is 0.257 e. The van der Waals surface area contributed by atoms with Gasteiger partial charge in [-0.1, -0.05) is 22.0 Å². The molecule has 0 atom stereocenters. The standard InChI is InChI=1S/C18H18BrN3O3/c19-13-4-5-15(23)14(11-13)18(25)22-9-6-12(7-10-22)17(24)21-16-3-1-2-8-20-16/h1-5,8,11-12,23H,6-7,9-10H2,(H,20,21,24). The molecule has 1 aromatic carbocycles. The van der Waals surface area contributed by atoms with Gasteiger partial charge in [-0.15, -0.1) is 0 Å². The Kier molecular flexibility index (Phi) is 5.33.